The zero-order valence-corrected chi connectivity index (χ0v) is 9.68. The van der Waals surface area contributed by atoms with E-state index in [0.29, 0.717) is 0 Å². The Morgan fingerprint density at radius 1 is 1.36 bits per heavy atom. The number of rotatable bonds is 3. The summed E-state index contributed by atoms with van der Waals surface area (Å²) in [6.07, 6.45) is 3.63. The largest absolute Gasteiger partial charge is 0.365 e. The monoisotopic (exact) mass is 269 g/mol. The number of hydrogen-bond donors (Lipinski definition) is 1. The van der Waals surface area contributed by atoms with E-state index in [1.54, 1.807) is 17.5 Å². The van der Waals surface area contributed by atoms with Gasteiger partial charge in [-0.25, -0.2) is 4.98 Å². The fourth-order valence-corrected chi connectivity index (χ4v) is 1.76. The number of pyridine rings is 1. The van der Waals surface area contributed by atoms with Gasteiger partial charge in [-0.05, 0) is 28.1 Å². The smallest absolute Gasteiger partial charge is 0.126 e. The molecule has 0 aliphatic rings. The van der Waals surface area contributed by atoms with E-state index < -0.39 is 0 Å². The molecule has 3 nitrogen and oxygen atoms in total. The van der Waals surface area contributed by atoms with Crippen molar-refractivity contribution in [2.24, 2.45) is 0 Å². The van der Waals surface area contributed by atoms with Crippen molar-refractivity contribution < 1.29 is 0 Å². The Morgan fingerprint density at radius 3 is 2.93 bits per heavy atom. The maximum atomic E-state index is 4.20. The van der Waals surface area contributed by atoms with Crippen LogP contribution in [0.15, 0.2) is 34.5 Å². The number of hydrogen-bond acceptors (Lipinski definition) is 4. The van der Waals surface area contributed by atoms with Crippen molar-refractivity contribution in [3.05, 3.63) is 39.4 Å². The highest BCUT2D eigenvalue weighted by Crippen LogP contribution is 2.12. The predicted octanol–water partition coefficient (Wildman–Crippen LogP) is 2.91. The second-order valence-electron chi connectivity index (χ2n) is 2.68. The highest BCUT2D eigenvalue weighted by molar-refractivity contribution is 9.10. The number of nitrogens with zero attached hydrogens (tertiary/aromatic N) is 2. The van der Waals surface area contributed by atoms with E-state index >= 15 is 0 Å². The molecule has 0 amide bonds. The quantitative estimate of drug-likeness (QED) is 0.931. The third-order valence-electron chi connectivity index (χ3n) is 1.65. The molecule has 0 saturated carbocycles. The van der Waals surface area contributed by atoms with Crippen LogP contribution in [0.2, 0.25) is 0 Å². The minimum absolute atomic E-state index is 0.777. The number of aromatic nitrogens is 2. The van der Waals surface area contributed by atoms with Crippen molar-refractivity contribution in [1.29, 1.82) is 0 Å². The van der Waals surface area contributed by atoms with Crippen LogP contribution >= 0.6 is 27.3 Å². The SMILES string of the molecule is Brc1ccc(NCc2cncs2)nc1. The van der Waals surface area contributed by atoms with Crippen LogP contribution in [0.1, 0.15) is 4.88 Å². The van der Waals surface area contributed by atoms with Crippen molar-refractivity contribution in [2.45, 2.75) is 6.54 Å². The molecule has 0 aliphatic carbocycles. The van der Waals surface area contributed by atoms with Gasteiger partial charge in [0.1, 0.15) is 5.82 Å². The van der Waals surface area contributed by atoms with Gasteiger partial charge in [0, 0.05) is 21.7 Å². The molecule has 0 aliphatic heterocycles. The number of nitrogens with one attached hydrogen (secondary N) is 1. The van der Waals surface area contributed by atoms with E-state index in [1.165, 1.54) is 4.88 Å². The maximum Gasteiger partial charge on any atom is 0.126 e. The third kappa shape index (κ3) is 2.52. The molecule has 0 saturated heterocycles. The van der Waals surface area contributed by atoms with Gasteiger partial charge in [0.2, 0.25) is 0 Å². The lowest BCUT2D eigenvalue weighted by Gasteiger charge is -2.02. The number of anilines is 1. The van der Waals surface area contributed by atoms with E-state index in [2.05, 4.69) is 31.2 Å². The van der Waals surface area contributed by atoms with Crippen molar-refractivity contribution in [3.8, 4) is 0 Å². The highest BCUT2D eigenvalue weighted by Gasteiger charge is 1.95. The molecule has 0 aromatic carbocycles. The van der Waals surface area contributed by atoms with Gasteiger partial charge >= 0.3 is 0 Å². The summed E-state index contributed by atoms with van der Waals surface area (Å²) in [5.41, 5.74) is 1.83. The Hall–Kier alpha value is -0.940. The Morgan fingerprint density at radius 2 is 2.29 bits per heavy atom. The molecule has 14 heavy (non-hydrogen) atoms. The molecule has 0 spiro atoms. The van der Waals surface area contributed by atoms with Crippen molar-refractivity contribution >= 4 is 33.1 Å². The summed E-state index contributed by atoms with van der Waals surface area (Å²) in [7, 11) is 0. The molecule has 2 aromatic rings. The van der Waals surface area contributed by atoms with Crippen molar-refractivity contribution in [2.75, 3.05) is 5.32 Å². The van der Waals surface area contributed by atoms with Crippen molar-refractivity contribution in [1.82, 2.24) is 9.97 Å². The third-order valence-corrected chi connectivity index (χ3v) is 2.90. The van der Waals surface area contributed by atoms with Crippen LogP contribution in [0, 0.1) is 0 Å². The average molecular weight is 270 g/mol. The molecule has 2 aromatic heterocycles. The highest BCUT2D eigenvalue weighted by atomic mass is 79.9. The molecule has 72 valence electrons. The number of halogens is 1. The molecular weight excluding hydrogens is 262 g/mol. The molecule has 2 heterocycles. The molecule has 5 heteroatoms. The van der Waals surface area contributed by atoms with Crippen LogP contribution in [0.25, 0.3) is 0 Å². The summed E-state index contributed by atoms with van der Waals surface area (Å²) >= 11 is 4.97. The second-order valence-corrected chi connectivity index (χ2v) is 4.57. The predicted molar refractivity (Wildman–Crippen MR) is 61.4 cm³/mol. The van der Waals surface area contributed by atoms with Crippen LogP contribution < -0.4 is 5.32 Å². The molecule has 0 atom stereocenters. The first kappa shape index (κ1) is 9.61. The summed E-state index contributed by atoms with van der Waals surface area (Å²) in [6, 6.07) is 3.90. The summed E-state index contributed by atoms with van der Waals surface area (Å²) in [5, 5.41) is 3.21. The maximum absolute atomic E-state index is 4.20. The zero-order valence-electron chi connectivity index (χ0n) is 7.27. The fraction of sp³-hybridized carbons (Fsp3) is 0.111. The first-order valence-corrected chi connectivity index (χ1v) is 5.74. The first-order valence-electron chi connectivity index (χ1n) is 4.07. The van der Waals surface area contributed by atoms with Gasteiger partial charge < -0.3 is 5.32 Å². The zero-order chi connectivity index (χ0) is 9.80. The normalized spacial score (nSPS) is 10.1. The van der Waals surface area contributed by atoms with Crippen LogP contribution in [0.5, 0.6) is 0 Å². The van der Waals surface area contributed by atoms with Gasteiger partial charge in [-0.3, -0.25) is 4.98 Å². The van der Waals surface area contributed by atoms with E-state index in [9.17, 15) is 0 Å². The lowest BCUT2D eigenvalue weighted by molar-refractivity contribution is 1.13. The second kappa shape index (κ2) is 4.52. The Labute approximate surface area is 94.4 Å². The minimum Gasteiger partial charge on any atom is -0.365 e. The van der Waals surface area contributed by atoms with Gasteiger partial charge in [-0.2, -0.15) is 0 Å². The summed E-state index contributed by atoms with van der Waals surface area (Å²) in [4.78, 5) is 9.41. The molecule has 0 bridgehead atoms. The summed E-state index contributed by atoms with van der Waals surface area (Å²) in [5.74, 6) is 0.876. The lowest BCUT2D eigenvalue weighted by Crippen LogP contribution is -1.98. The molecule has 0 unspecified atom stereocenters. The van der Waals surface area contributed by atoms with Gasteiger partial charge in [0.25, 0.3) is 0 Å². The molecule has 0 radical (unpaired) electrons. The summed E-state index contributed by atoms with van der Waals surface area (Å²) in [6.45, 7) is 0.777. The molecule has 0 fully saturated rings. The van der Waals surface area contributed by atoms with Crippen LogP contribution in [0.3, 0.4) is 0 Å². The van der Waals surface area contributed by atoms with Gasteiger partial charge in [-0.1, -0.05) is 0 Å². The Kier molecular flexibility index (Phi) is 3.10. The van der Waals surface area contributed by atoms with Crippen LogP contribution in [-0.2, 0) is 6.54 Å². The van der Waals surface area contributed by atoms with Crippen LogP contribution in [0.4, 0.5) is 5.82 Å². The van der Waals surface area contributed by atoms with Gasteiger partial charge in [-0.15, -0.1) is 11.3 Å². The molecular formula is C9H8BrN3S. The van der Waals surface area contributed by atoms with Crippen LogP contribution in [-0.4, -0.2) is 9.97 Å². The molecule has 2 rings (SSSR count). The van der Waals surface area contributed by atoms with E-state index in [-0.39, 0.29) is 0 Å². The topological polar surface area (TPSA) is 37.8 Å². The lowest BCUT2D eigenvalue weighted by atomic mass is 10.4. The van der Waals surface area contributed by atoms with Gasteiger partial charge in [0.15, 0.2) is 0 Å². The Balaban J connectivity index is 1.95. The molecule has 1 N–H and O–H groups in total. The van der Waals surface area contributed by atoms with Gasteiger partial charge in [0.05, 0.1) is 12.1 Å². The minimum atomic E-state index is 0.777. The van der Waals surface area contributed by atoms with E-state index in [4.69, 9.17) is 0 Å². The average Bonchev–Trinajstić information content (AvgIpc) is 2.70. The number of thiazole rings is 1. The standard InChI is InChI=1S/C9H8BrN3S/c10-7-1-2-9(12-3-7)13-5-8-4-11-6-14-8/h1-4,6H,5H2,(H,12,13). The van der Waals surface area contributed by atoms with Crippen molar-refractivity contribution in [3.63, 3.8) is 0 Å². The summed E-state index contributed by atoms with van der Waals surface area (Å²) < 4.78 is 0.987. The Bertz CT molecular complexity index is 385. The van der Waals surface area contributed by atoms with E-state index in [1.807, 2.05) is 23.8 Å². The fourth-order valence-electron chi connectivity index (χ4n) is 0.987. The van der Waals surface area contributed by atoms with E-state index in [0.717, 1.165) is 16.8 Å². The first-order chi connectivity index (χ1) is 6.84.